The Kier molecular flexibility index (Phi) is 7.75. The molecule has 1 saturated heterocycles. The highest BCUT2D eigenvalue weighted by Gasteiger charge is 2.25. The molecule has 0 saturated carbocycles. The molecule has 1 aliphatic rings. The highest BCUT2D eigenvalue weighted by Crippen LogP contribution is 2.25. The summed E-state index contributed by atoms with van der Waals surface area (Å²) in [5, 5.41) is 0.625. The summed E-state index contributed by atoms with van der Waals surface area (Å²) in [6.45, 7) is 7.16. The van der Waals surface area contributed by atoms with Gasteiger partial charge in [-0.25, -0.2) is 0 Å². The Hall–Kier alpha value is -0.220. The number of nitrogens with two attached hydrogens (primary N) is 1. The van der Waals surface area contributed by atoms with E-state index in [1.807, 2.05) is 11.8 Å². The second-order valence-corrected chi connectivity index (χ2v) is 6.79. The van der Waals surface area contributed by atoms with Crippen molar-refractivity contribution in [1.29, 1.82) is 0 Å². The summed E-state index contributed by atoms with van der Waals surface area (Å²) in [6, 6.07) is 0. The first-order valence-corrected chi connectivity index (χ1v) is 8.29. The molecule has 0 aromatic rings. The molecule has 0 aliphatic carbocycles. The van der Waals surface area contributed by atoms with Crippen LogP contribution in [0.5, 0.6) is 0 Å². The third-order valence-electron chi connectivity index (χ3n) is 3.53. The van der Waals surface area contributed by atoms with E-state index in [0.29, 0.717) is 17.1 Å². The third kappa shape index (κ3) is 5.61. The summed E-state index contributed by atoms with van der Waals surface area (Å²) >= 11 is 2.02. The largest absolute Gasteiger partial charge is 0.341 e. The van der Waals surface area contributed by atoms with E-state index >= 15 is 0 Å². The quantitative estimate of drug-likeness (QED) is 0.724. The standard InChI is InChI=1S/C14H28N2OS/c1-12(2)13-11-16(9-10-18-13)14(17)7-5-3-4-6-8-15/h12-13H,3-11,15H2,1-2H3. The molecule has 1 atom stereocenters. The van der Waals surface area contributed by atoms with Crippen molar-refractivity contribution in [3.05, 3.63) is 0 Å². The topological polar surface area (TPSA) is 46.3 Å². The van der Waals surface area contributed by atoms with Gasteiger partial charge in [-0.05, 0) is 25.3 Å². The van der Waals surface area contributed by atoms with Crippen LogP contribution in [0.25, 0.3) is 0 Å². The molecular weight excluding hydrogens is 244 g/mol. The molecular formula is C14H28N2OS. The van der Waals surface area contributed by atoms with Crippen molar-refractivity contribution in [2.75, 3.05) is 25.4 Å². The summed E-state index contributed by atoms with van der Waals surface area (Å²) in [6.07, 6.45) is 5.13. The molecule has 1 aliphatic heterocycles. The molecule has 1 rings (SSSR count). The highest BCUT2D eigenvalue weighted by molar-refractivity contribution is 8.00. The fourth-order valence-electron chi connectivity index (χ4n) is 2.24. The van der Waals surface area contributed by atoms with Gasteiger partial charge in [-0.1, -0.05) is 26.7 Å². The molecule has 1 fully saturated rings. The molecule has 0 spiro atoms. The Morgan fingerprint density at radius 2 is 2.06 bits per heavy atom. The average Bonchev–Trinajstić information content (AvgIpc) is 2.38. The minimum atomic E-state index is 0.355. The van der Waals surface area contributed by atoms with Gasteiger partial charge in [0.05, 0.1) is 0 Å². The van der Waals surface area contributed by atoms with Crippen LogP contribution in [0.2, 0.25) is 0 Å². The Morgan fingerprint density at radius 1 is 1.33 bits per heavy atom. The van der Waals surface area contributed by atoms with Gasteiger partial charge in [0.2, 0.25) is 5.91 Å². The lowest BCUT2D eigenvalue weighted by molar-refractivity contribution is -0.131. The average molecular weight is 272 g/mol. The molecule has 0 bridgehead atoms. The van der Waals surface area contributed by atoms with Crippen LogP contribution in [0.15, 0.2) is 0 Å². The van der Waals surface area contributed by atoms with E-state index in [4.69, 9.17) is 5.73 Å². The Bertz CT molecular complexity index is 246. The lowest BCUT2D eigenvalue weighted by Gasteiger charge is -2.34. The van der Waals surface area contributed by atoms with Crippen LogP contribution in [-0.4, -0.2) is 41.4 Å². The summed E-state index contributed by atoms with van der Waals surface area (Å²) in [5.74, 6) is 2.12. The van der Waals surface area contributed by atoms with Gasteiger partial charge in [0.25, 0.3) is 0 Å². The van der Waals surface area contributed by atoms with Crippen LogP contribution >= 0.6 is 11.8 Å². The Balaban J connectivity index is 2.20. The lowest BCUT2D eigenvalue weighted by Crippen LogP contribution is -2.43. The predicted molar refractivity (Wildman–Crippen MR) is 79.8 cm³/mol. The summed E-state index contributed by atoms with van der Waals surface area (Å²) in [7, 11) is 0. The van der Waals surface area contributed by atoms with Gasteiger partial charge in [0.15, 0.2) is 0 Å². The van der Waals surface area contributed by atoms with Crippen molar-refractivity contribution in [3.63, 3.8) is 0 Å². The summed E-state index contributed by atoms with van der Waals surface area (Å²) < 4.78 is 0. The molecule has 3 nitrogen and oxygen atoms in total. The van der Waals surface area contributed by atoms with Crippen molar-refractivity contribution in [2.45, 2.75) is 51.2 Å². The van der Waals surface area contributed by atoms with Crippen molar-refractivity contribution in [1.82, 2.24) is 4.90 Å². The van der Waals surface area contributed by atoms with Gasteiger partial charge in [0.1, 0.15) is 0 Å². The van der Waals surface area contributed by atoms with E-state index in [1.54, 1.807) is 0 Å². The van der Waals surface area contributed by atoms with Gasteiger partial charge in [-0.15, -0.1) is 0 Å². The summed E-state index contributed by atoms with van der Waals surface area (Å²) in [4.78, 5) is 14.2. The fourth-order valence-corrected chi connectivity index (χ4v) is 3.54. The van der Waals surface area contributed by atoms with E-state index < -0.39 is 0 Å². The molecule has 106 valence electrons. The van der Waals surface area contributed by atoms with Crippen LogP contribution in [0.3, 0.4) is 0 Å². The molecule has 0 radical (unpaired) electrons. The number of rotatable bonds is 7. The molecule has 2 N–H and O–H groups in total. The van der Waals surface area contributed by atoms with E-state index in [0.717, 1.165) is 57.5 Å². The number of unbranched alkanes of at least 4 members (excludes halogenated alkanes) is 3. The Labute approximate surface area is 116 Å². The lowest BCUT2D eigenvalue weighted by atomic mass is 10.1. The second kappa shape index (κ2) is 8.81. The predicted octanol–water partition coefficient (Wildman–Crippen LogP) is 2.50. The Morgan fingerprint density at radius 3 is 2.72 bits per heavy atom. The smallest absolute Gasteiger partial charge is 0.222 e. The van der Waals surface area contributed by atoms with Crippen LogP contribution in [0, 0.1) is 5.92 Å². The first-order chi connectivity index (χ1) is 8.65. The molecule has 0 aromatic carbocycles. The number of nitrogens with zero attached hydrogens (tertiary/aromatic N) is 1. The van der Waals surface area contributed by atoms with E-state index in [9.17, 15) is 4.79 Å². The van der Waals surface area contributed by atoms with Crippen molar-refractivity contribution < 1.29 is 4.79 Å². The van der Waals surface area contributed by atoms with Crippen LogP contribution in [-0.2, 0) is 4.79 Å². The maximum atomic E-state index is 12.1. The van der Waals surface area contributed by atoms with Gasteiger partial charge < -0.3 is 10.6 Å². The molecule has 0 aromatic heterocycles. The monoisotopic (exact) mass is 272 g/mol. The van der Waals surface area contributed by atoms with Gasteiger partial charge in [-0.3, -0.25) is 4.79 Å². The van der Waals surface area contributed by atoms with Gasteiger partial charge >= 0.3 is 0 Å². The number of hydrogen-bond acceptors (Lipinski definition) is 3. The summed E-state index contributed by atoms with van der Waals surface area (Å²) in [5.41, 5.74) is 5.45. The number of carbonyl (C=O) groups is 1. The maximum absolute atomic E-state index is 12.1. The maximum Gasteiger partial charge on any atom is 0.222 e. The third-order valence-corrected chi connectivity index (χ3v) is 5.07. The number of thioether (sulfide) groups is 1. The number of amides is 1. The second-order valence-electron chi connectivity index (χ2n) is 5.45. The molecule has 1 unspecified atom stereocenters. The molecule has 18 heavy (non-hydrogen) atoms. The minimum Gasteiger partial charge on any atom is -0.341 e. The van der Waals surface area contributed by atoms with Gasteiger partial charge in [-0.2, -0.15) is 11.8 Å². The fraction of sp³-hybridized carbons (Fsp3) is 0.929. The number of carbonyl (C=O) groups excluding carboxylic acids is 1. The van der Waals surface area contributed by atoms with Gasteiger partial charge in [0, 0.05) is 30.5 Å². The van der Waals surface area contributed by atoms with Crippen LogP contribution in [0.4, 0.5) is 0 Å². The van der Waals surface area contributed by atoms with Crippen molar-refractivity contribution >= 4 is 17.7 Å². The molecule has 1 amide bonds. The highest BCUT2D eigenvalue weighted by atomic mass is 32.2. The van der Waals surface area contributed by atoms with E-state index in [-0.39, 0.29) is 0 Å². The SMILES string of the molecule is CC(C)C1CN(C(=O)CCCCCCN)CCS1. The van der Waals surface area contributed by atoms with Crippen molar-refractivity contribution in [2.24, 2.45) is 11.7 Å². The molecule has 4 heteroatoms. The van der Waals surface area contributed by atoms with Crippen LogP contribution in [0.1, 0.15) is 46.0 Å². The zero-order valence-corrected chi connectivity index (χ0v) is 12.7. The van der Waals surface area contributed by atoms with Crippen LogP contribution < -0.4 is 5.73 Å². The zero-order chi connectivity index (χ0) is 13.4. The van der Waals surface area contributed by atoms with E-state index in [2.05, 4.69) is 18.7 Å². The molecule has 1 heterocycles. The first-order valence-electron chi connectivity index (χ1n) is 7.24. The normalized spacial score (nSPS) is 20.4. The van der Waals surface area contributed by atoms with E-state index in [1.165, 1.54) is 0 Å². The van der Waals surface area contributed by atoms with Crippen molar-refractivity contribution in [3.8, 4) is 0 Å². The first kappa shape index (κ1) is 15.8. The zero-order valence-electron chi connectivity index (χ0n) is 11.9. The minimum absolute atomic E-state index is 0.355. The number of hydrogen-bond donors (Lipinski definition) is 1.